The largest absolute Gasteiger partial charge is 0.379 e. The molecule has 1 aromatic heterocycles. The van der Waals surface area contributed by atoms with Crippen molar-refractivity contribution in [2.24, 2.45) is 0 Å². The van der Waals surface area contributed by atoms with Crippen molar-refractivity contribution < 1.29 is 9.53 Å². The standard InChI is InChI=1S/C18H25N5O2/c1-15(22-9-11-25-12-10-22)13-19-18(24)21-17-5-3-16(4-6-17)14-23-8-2-7-20-23/h2-8,15H,9-14H2,1H3,(H2,19,21,24)/t15-/m0/s1. The van der Waals surface area contributed by atoms with Crippen LogP contribution in [-0.4, -0.2) is 59.6 Å². The van der Waals surface area contributed by atoms with Crippen LogP contribution in [0.2, 0.25) is 0 Å². The highest BCUT2D eigenvalue weighted by molar-refractivity contribution is 5.89. The molecular formula is C18H25N5O2. The van der Waals surface area contributed by atoms with Gasteiger partial charge in [0.25, 0.3) is 0 Å². The summed E-state index contributed by atoms with van der Waals surface area (Å²) in [6.07, 6.45) is 3.69. The molecule has 1 aliphatic rings. The maximum atomic E-state index is 12.1. The number of morpholine rings is 1. The molecule has 0 saturated carbocycles. The Balaban J connectivity index is 1.42. The van der Waals surface area contributed by atoms with E-state index < -0.39 is 0 Å². The highest BCUT2D eigenvalue weighted by atomic mass is 16.5. The summed E-state index contributed by atoms with van der Waals surface area (Å²) in [4.78, 5) is 14.4. The number of rotatable bonds is 6. The van der Waals surface area contributed by atoms with Crippen LogP contribution in [0, 0.1) is 0 Å². The van der Waals surface area contributed by atoms with Gasteiger partial charge in [0.05, 0.1) is 19.8 Å². The van der Waals surface area contributed by atoms with Gasteiger partial charge in [-0.15, -0.1) is 0 Å². The zero-order chi connectivity index (χ0) is 17.5. The Morgan fingerprint density at radius 1 is 1.28 bits per heavy atom. The van der Waals surface area contributed by atoms with Crippen LogP contribution in [0.25, 0.3) is 0 Å². The molecule has 7 heteroatoms. The Morgan fingerprint density at radius 2 is 2.04 bits per heavy atom. The van der Waals surface area contributed by atoms with Crippen LogP contribution in [0.15, 0.2) is 42.7 Å². The topological polar surface area (TPSA) is 71.4 Å². The summed E-state index contributed by atoms with van der Waals surface area (Å²) in [5.41, 5.74) is 1.91. The van der Waals surface area contributed by atoms with Gasteiger partial charge >= 0.3 is 6.03 Å². The van der Waals surface area contributed by atoms with E-state index in [1.807, 2.05) is 41.2 Å². The fourth-order valence-electron chi connectivity index (χ4n) is 2.84. The highest BCUT2D eigenvalue weighted by Gasteiger charge is 2.17. The van der Waals surface area contributed by atoms with E-state index in [1.54, 1.807) is 6.20 Å². The number of carbonyl (C=O) groups is 1. The van der Waals surface area contributed by atoms with Gasteiger partial charge in [0, 0.05) is 43.8 Å². The Morgan fingerprint density at radius 3 is 2.72 bits per heavy atom. The van der Waals surface area contributed by atoms with Gasteiger partial charge in [-0.3, -0.25) is 9.58 Å². The zero-order valence-corrected chi connectivity index (χ0v) is 14.5. The second kappa shape index (κ2) is 8.64. The summed E-state index contributed by atoms with van der Waals surface area (Å²) in [6, 6.07) is 9.82. The molecule has 0 radical (unpaired) electrons. The van der Waals surface area contributed by atoms with Crippen molar-refractivity contribution in [3.8, 4) is 0 Å². The average Bonchev–Trinajstić information content (AvgIpc) is 3.15. The van der Waals surface area contributed by atoms with Gasteiger partial charge in [0.2, 0.25) is 0 Å². The first kappa shape index (κ1) is 17.4. The molecule has 2 aromatic rings. The number of amides is 2. The lowest BCUT2D eigenvalue weighted by molar-refractivity contribution is 0.0209. The van der Waals surface area contributed by atoms with E-state index in [4.69, 9.17) is 4.74 Å². The lowest BCUT2D eigenvalue weighted by Crippen LogP contribution is -2.47. The molecule has 1 atom stereocenters. The maximum Gasteiger partial charge on any atom is 0.319 e. The molecule has 1 aliphatic heterocycles. The summed E-state index contributed by atoms with van der Waals surface area (Å²) in [7, 11) is 0. The van der Waals surface area contributed by atoms with Gasteiger partial charge in [-0.2, -0.15) is 5.10 Å². The van der Waals surface area contributed by atoms with Crippen LogP contribution in [0.4, 0.5) is 10.5 Å². The van der Waals surface area contributed by atoms with Gasteiger partial charge in [-0.25, -0.2) is 4.79 Å². The second-order valence-electron chi connectivity index (χ2n) is 6.23. The molecule has 1 saturated heterocycles. The smallest absolute Gasteiger partial charge is 0.319 e. The van der Waals surface area contributed by atoms with Crippen molar-refractivity contribution in [2.45, 2.75) is 19.5 Å². The van der Waals surface area contributed by atoms with E-state index in [0.717, 1.165) is 44.1 Å². The number of nitrogens with zero attached hydrogens (tertiary/aromatic N) is 3. The van der Waals surface area contributed by atoms with Crippen molar-refractivity contribution >= 4 is 11.7 Å². The molecule has 0 spiro atoms. The van der Waals surface area contributed by atoms with Crippen molar-refractivity contribution in [1.82, 2.24) is 20.0 Å². The third-order valence-corrected chi connectivity index (χ3v) is 4.34. The fraction of sp³-hybridized carbons (Fsp3) is 0.444. The first-order valence-corrected chi connectivity index (χ1v) is 8.64. The molecular weight excluding hydrogens is 318 g/mol. The third kappa shape index (κ3) is 5.30. The number of hydrogen-bond donors (Lipinski definition) is 2. The SMILES string of the molecule is C[C@@H](CNC(=O)Nc1ccc(Cn2cccn2)cc1)N1CCOCC1. The minimum Gasteiger partial charge on any atom is -0.379 e. The first-order valence-electron chi connectivity index (χ1n) is 8.64. The van der Waals surface area contributed by atoms with E-state index in [-0.39, 0.29) is 6.03 Å². The third-order valence-electron chi connectivity index (χ3n) is 4.34. The number of urea groups is 1. The Kier molecular flexibility index (Phi) is 6.03. The number of carbonyl (C=O) groups excluding carboxylic acids is 1. The van der Waals surface area contributed by atoms with E-state index in [2.05, 4.69) is 27.6 Å². The van der Waals surface area contributed by atoms with E-state index in [1.165, 1.54) is 0 Å². The second-order valence-corrected chi connectivity index (χ2v) is 6.23. The molecule has 2 heterocycles. The Hall–Kier alpha value is -2.38. The summed E-state index contributed by atoms with van der Waals surface area (Å²) in [5, 5.41) is 9.99. The van der Waals surface area contributed by atoms with Crippen LogP contribution in [0.5, 0.6) is 0 Å². The predicted octanol–water partition coefficient (Wildman–Crippen LogP) is 1.77. The summed E-state index contributed by atoms with van der Waals surface area (Å²) < 4.78 is 7.21. The van der Waals surface area contributed by atoms with Gasteiger partial charge in [-0.05, 0) is 30.7 Å². The van der Waals surface area contributed by atoms with Gasteiger partial charge < -0.3 is 15.4 Å². The summed E-state index contributed by atoms with van der Waals surface area (Å²) in [5.74, 6) is 0. The summed E-state index contributed by atoms with van der Waals surface area (Å²) in [6.45, 7) is 6.82. The molecule has 2 amide bonds. The van der Waals surface area contributed by atoms with Crippen molar-refractivity contribution in [2.75, 3.05) is 38.2 Å². The predicted molar refractivity (Wildman–Crippen MR) is 96.6 cm³/mol. The van der Waals surface area contributed by atoms with Crippen LogP contribution in [0.3, 0.4) is 0 Å². The number of aromatic nitrogens is 2. The Labute approximate surface area is 148 Å². The normalized spacial score (nSPS) is 16.4. The van der Waals surface area contributed by atoms with Crippen LogP contribution >= 0.6 is 0 Å². The average molecular weight is 343 g/mol. The minimum absolute atomic E-state index is 0.181. The van der Waals surface area contributed by atoms with Gasteiger partial charge in [-0.1, -0.05) is 12.1 Å². The Bertz CT molecular complexity index is 651. The number of ether oxygens (including phenoxy) is 1. The number of nitrogens with one attached hydrogen (secondary N) is 2. The van der Waals surface area contributed by atoms with Crippen molar-refractivity contribution in [3.63, 3.8) is 0 Å². The van der Waals surface area contributed by atoms with E-state index >= 15 is 0 Å². The zero-order valence-electron chi connectivity index (χ0n) is 14.5. The number of hydrogen-bond acceptors (Lipinski definition) is 4. The maximum absolute atomic E-state index is 12.1. The molecule has 1 fully saturated rings. The van der Waals surface area contributed by atoms with Crippen LogP contribution in [0.1, 0.15) is 12.5 Å². The lowest BCUT2D eigenvalue weighted by atomic mass is 10.2. The number of benzene rings is 1. The van der Waals surface area contributed by atoms with Crippen molar-refractivity contribution in [1.29, 1.82) is 0 Å². The van der Waals surface area contributed by atoms with E-state index in [0.29, 0.717) is 12.6 Å². The molecule has 2 N–H and O–H groups in total. The molecule has 3 rings (SSSR count). The first-order chi connectivity index (χ1) is 12.2. The fourth-order valence-corrected chi connectivity index (χ4v) is 2.84. The molecule has 0 unspecified atom stereocenters. The monoisotopic (exact) mass is 343 g/mol. The molecule has 0 bridgehead atoms. The van der Waals surface area contributed by atoms with Crippen LogP contribution in [-0.2, 0) is 11.3 Å². The van der Waals surface area contributed by atoms with Gasteiger partial charge in [0.1, 0.15) is 0 Å². The quantitative estimate of drug-likeness (QED) is 0.839. The molecule has 1 aromatic carbocycles. The highest BCUT2D eigenvalue weighted by Crippen LogP contribution is 2.10. The minimum atomic E-state index is -0.181. The summed E-state index contributed by atoms with van der Waals surface area (Å²) >= 11 is 0. The molecule has 0 aliphatic carbocycles. The van der Waals surface area contributed by atoms with E-state index in [9.17, 15) is 4.79 Å². The lowest BCUT2D eigenvalue weighted by Gasteiger charge is -2.32. The van der Waals surface area contributed by atoms with Crippen molar-refractivity contribution in [3.05, 3.63) is 48.3 Å². The molecule has 25 heavy (non-hydrogen) atoms. The number of anilines is 1. The van der Waals surface area contributed by atoms with Crippen LogP contribution < -0.4 is 10.6 Å². The molecule has 7 nitrogen and oxygen atoms in total. The molecule has 134 valence electrons. The van der Waals surface area contributed by atoms with Gasteiger partial charge in [0.15, 0.2) is 0 Å².